The summed E-state index contributed by atoms with van der Waals surface area (Å²) in [6.45, 7) is 8.71. The molecule has 1 aliphatic carbocycles. The molecule has 0 N–H and O–H groups in total. The fraction of sp³-hybridized carbons (Fsp3) is 0.111. The molecule has 0 aromatic heterocycles. The Labute approximate surface area is 218 Å². The summed E-state index contributed by atoms with van der Waals surface area (Å²) in [5, 5.41) is 5.16. The smallest absolute Gasteiger partial charge is 0.0468 e. The molecule has 0 atom stereocenters. The molecule has 1 aliphatic rings. The molecule has 0 bridgehead atoms. The second-order valence-corrected chi connectivity index (χ2v) is 10.7. The Hall–Kier alpha value is -4.36. The van der Waals surface area contributed by atoms with Gasteiger partial charge in [0.05, 0.1) is 0 Å². The Kier molecular flexibility index (Phi) is 4.78. The number of hydrogen-bond donors (Lipinski definition) is 0. The summed E-state index contributed by atoms with van der Waals surface area (Å²) < 4.78 is 0. The lowest BCUT2D eigenvalue weighted by Gasteiger charge is -2.28. The van der Waals surface area contributed by atoms with Crippen LogP contribution in [0.25, 0.3) is 43.8 Å². The molecule has 0 amide bonds. The van der Waals surface area contributed by atoms with Crippen molar-refractivity contribution in [2.45, 2.75) is 27.7 Å². The van der Waals surface area contributed by atoms with Crippen LogP contribution in [-0.2, 0) is 0 Å². The first-order valence-corrected chi connectivity index (χ1v) is 13.0. The Morgan fingerprint density at radius 3 is 1.22 bits per heavy atom. The lowest BCUT2D eigenvalue weighted by molar-refractivity contribution is 1.24. The van der Waals surface area contributed by atoms with Crippen molar-refractivity contribution in [3.63, 3.8) is 0 Å². The van der Waals surface area contributed by atoms with Crippen LogP contribution in [0.5, 0.6) is 0 Å². The van der Waals surface area contributed by atoms with Crippen LogP contribution in [0.1, 0.15) is 22.3 Å². The number of fused-ring (bicyclic) bond motifs is 6. The highest BCUT2D eigenvalue weighted by molar-refractivity contribution is 6.12. The van der Waals surface area contributed by atoms with E-state index in [0.29, 0.717) is 0 Å². The first-order chi connectivity index (χ1) is 17.9. The Balaban J connectivity index is 1.40. The van der Waals surface area contributed by atoms with E-state index in [-0.39, 0.29) is 0 Å². The van der Waals surface area contributed by atoms with E-state index in [1.165, 1.54) is 83.1 Å². The maximum Gasteiger partial charge on any atom is 0.0468 e. The molecule has 37 heavy (non-hydrogen) atoms. The first-order valence-electron chi connectivity index (χ1n) is 13.0. The average molecular weight is 476 g/mol. The number of rotatable bonds is 3. The van der Waals surface area contributed by atoms with E-state index >= 15 is 0 Å². The molecule has 178 valence electrons. The minimum Gasteiger partial charge on any atom is -0.310 e. The number of benzene rings is 6. The van der Waals surface area contributed by atoms with E-state index in [4.69, 9.17) is 0 Å². The highest BCUT2D eigenvalue weighted by Gasteiger charge is 2.24. The fourth-order valence-corrected chi connectivity index (χ4v) is 6.10. The Morgan fingerprint density at radius 2 is 0.757 bits per heavy atom. The quantitative estimate of drug-likeness (QED) is 0.246. The predicted molar refractivity (Wildman–Crippen MR) is 160 cm³/mol. The van der Waals surface area contributed by atoms with Crippen LogP contribution in [0, 0.1) is 27.7 Å². The zero-order valence-electron chi connectivity index (χ0n) is 21.8. The lowest BCUT2D eigenvalue weighted by Crippen LogP contribution is -2.11. The number of hydrogen-bond acceptors (Lipinski definition) is 1. The van der Waals surface area contributed by atoms with E-state index < -0.39 is 0 Å². The van der Waals surface area contributed by atoms with Gasteiger partial charge in [-0.25, -0.2) is 0 Å². The van der Waals surface area contributed by atoms with Crippen molar-refractivity contribution in [3.05, 3.63) is 125 Å². The summed E-state index contributed by atoms with van der Waals surface area (Å²) in [5.41, 5.74) is 14.1. The molecule has 0 saturated heterocycles. The fourth-order valence-electron chi connectivity index (χ4n) is 6.10. The molecule has 7 rings (SSSR count). The van der Waals surface area contributed by atoms with Crippen LogP contribution in [0.4, 0.5) is 17.1 Å². The monoisotopic (exact) mass is 475 g/mol. The van der Waals surface area contributed by atoms with Crippen molar-refractivity contribution in [2.24, 2.45) is 0 Å². The highest BCUT2D eigenvalue weighted by atomic mass is 15.1. The number of aryl methyl sites for hydroxylation is 4. The topological polar surface area (TPSA) is 3.24 Å². The Bertz CT molecular complexity index is 1780. The summed E-state index contributed by atoms with van der Waals surface area (Å²) in [6.07, 6.45) is 0. The summed E-state index contributed by atoms with van der Waals surface area (Å²) in [4.78, 5) is 2.40. The minimum absolute atomic E-state index is 1.18. The summed E-state index contributed by atoms with van der Waals surface area (Å²) in [5.74, 6) is 0. The molecule has 6 aromatic carbocycles. The van der Waals surface area contributed by atoms with E-state index in [1.807, 2.05) is 0 Å². The van der Waals surface area contributed by atoms with Gasteiger partial charge in [-0.15, -0.1) is 0 Å². The van der Waals surface area contributed by atoms with Crippen molar-refractivity contribution in [3.8, 4) is 22.3 Å². The zero-order chi connectivity index (χ0) is 25.3. The molecule has 1 heteroatoms. The van der Waals surface area contributed by atoms with Gasteiger partial charge in [-0.1, -0.05) is 42.5 Å². The number of nitrogens with zero attached hydrogens (tertiary/aromatic N) is 1. The van der Waals surface area contributed by atoms with Gasteiger partial charge in [0.25, 0.3) is 0 Å². The van der Waals surface area contributed by atoms with Gasteiger partial charge in [0, 0.05) is 17.1 Å². The minimum atomic E-state index is 1.18. The first kappa shape index (κ1) is 21.9. The maximum atomic E-state index is 2.40. The normalized spacial score (nSPS) is 11.8. The summed E-state index contributed by atoms with van der Waals surface area (Å²) in [7, 11) is 0. The van der Waals surface area contributed by atoms with Gasteiger partial charge in [-0.2, -0.15) is 0 Å². The van der Waals surface area contributed by atoms with Crippen molar-refractivity contribution >= 4 is 38.6 Å². The van der Waals surface area contributed by atoms with E-state index in [9.17, 15) is 0 Å². The van der Waals surface area contributed by atoms with Gasteiger partial charge in [-0.05, 0) is 154 Å². The van der Waals surface area contributed by atoms with Crippen LogP contribution >= 0.6 is 0 Å². The third-order valence-corrected chi connectivity index (χ3v) is 7.61. The summed E-state index contributed by atoms with van der Waals surface area (Å²) in [6, 6.07) is 38.6. The third-order valence-electron chi connectivity index (χ3n) is 7.61. The SMILES string of the molecule is Cc1cc(C)cc(N(c2cc(C)cc(C)c2)c2ccc3cc4c(cc3c2)-c2cc3ccccc3cc2-4)c1. The molecule has 0 radical (unpaired) electrons. The average Bonchev–Trinajstić information content (AvgIpc) is 2.86. The third kappa shape index (κ3) is 3.62. The van der Waals surface area contributed by atoms with Gasteiger partial charge in [-0.3, -0.25) is 0 Å². The largest absolute Gasteiger partial charge is 0.310 e. The highest BCUT2D eigenvalue weighted by Crippen LogP contribution is 2.50. The molecular weight excluding hydrogens is 446 g/mol. The van der Waals surface area contributed by atoms with E-state index in [1.54, 1.807) is 0 Å². The van der Waals surface area contributed by atoms with Crippen LogP contribution in [0.15, 0.2) is 103 Å². The van der Waals surface area contributed by atoms with Gasteiger partial charge in [0.2, 0.25) is 0 Å². The molecule has 0 aliphatic heterocycles. The standard InChI is InChI=1S/C36H29N/c1-22-11-23(2)14-31(13-22)37(32-15-24(3)12-25(4)16-32)30-10-9-28-20-35-33-18-26-7-5-6-8-27(26)19-34(33)36(35)21-29(28)17-30/h5-21H,1-4H3. The molecule has 0 spiro atoms. The van der Waals surface area contributed by atoms with Crippen molar-refractivity contribution in [1.29, 1.82) is 0 Å². The molecule has 1 nitrogen and oxygen atoms in total. The van der Waals surface area contributed by atoms with Crippen LogP contribution < -0.4 is 4.90 Å². The molecule has 0 saturated carbocycles. The zero-order valence-corrected chi connectivity index (χ0v) is 21.8. The van der Waals surface area contributed by atoms with Crippen molar-refractivity contribution in [2.75, 3.05) is 4.90 Å². The molecule has 0 fully saturated rings. The second-order valence-electron chi connectivity index (χ2n) is 10.7. The molecule has 0 unspecified atom stereocenters. The molecular formula is C36H29N. The van der Waals surface area contributed by atoms with Crippen molar-refractivity contribution < 1.29 is 0 Å². The van der Waals surface area contributed by atoms with Crippen LogP contribution in [0.3, 0.4) is 0 Å². The van der Waals surface area contributed by atoms with Crippen LogP contribution in [-0.4, -0.2) is 0 Å². The second kappa shape index (κ2) is 8.08. The maximum absolute atomic E-state index is 2.40. The van der Waals surface area contributed by atoms with Gasteiger partial charge in [0.15, 0.2) is 0 Å². The molecule has 0 heterocycles. The van der Waals surface area contributed by atoms with Gasteiger partial charge < -0.3 is 4.90 Å². The predicted octanol–water partition coefficient (Wildman–Crippen LogP) is 10.3. The summed E-state index contributed by atoms with van der Waals surface area (Å²) >= 11 is 0. The molecule has 6 aromatic rings. The van der Waals surface area contributed by atoms with E-state index in [2.05, 4.69) is 136 Å². The van der Waals surface area contributed by atoms with Gasteiger partial charge in [0.1, 0.15) is 0 Å². The van der Waals surface area contributed by atoms with Crippen LogP contribution in [0.2, 0.25) is 0 Å². The van der Waals surface area contributed by atoms with Gasteiger partial charge >= 0.3 is 0 Å². The van der Waals surface area contributed by atoms with Crippen molar-refractivity contribution in [1.82, 2.24) is 0 Å². The number of anilines is 3. The van der Waals surface area contributed by atoms with E-state index in [0.717, 1.165) is 0 Å². The lowest BCUT2D eigenvalue weighted by atomic mass is 9.78. The Morgan fingerprint density at radius 1 is 0.351 bits per heavy atom.